The molecule has 0 aliphatic carbocycles. The van der Waals surface area contributed by atoms with Crippen LogP contribution in [0.5, 0.6) is 0 Å². The Hall–Kier alpha value is -1.57. The first-order valence-corrected chi connectivity index (χ1v) is 3.84. The van der Waals surface area contributed by atoms with E-state index in [2.05, 4.69) is 5.16 Å². The number of allylic oxidation sites excluding steroid dienone is 1. The number of fused-ring (bicyclic) bond motifs is 1. The van der Waals surface area contributed by atoms with Gasteiger partial charge in [0.1, 0.15) is 11.6 Å². The Labute approximate surface area is 70.5 Å². The van der Waals surface area contributed by atoms with Crippen molar-refractivity contribution in [3.63, 3.8) is 0 Å². The van der Waals surface area contributed by atoms with Crippen molar-refractivity contribution in [1.29, 1.82) is 0 Å². The molecule has 1 aromatic carbocycles. The molecule has 12 heavy (non-hydrogen) atoms. The minimum Gasteiger partial charge on any atom is -0.364 e. The molecular formula is C10H9NO. The van der Waals surface area contributed by atoms with Crippen molar-refractivity contribution in [3.8, 4) is 0 Å². The lowest BCUT2D eigenvalue weighted by molar-refractivity contribution is 0.254. The van der Waals surface area contributed by atoms with Crippen LogP contribution in [0.2, 0.25) is 0 Å². The third-order valence-corrected chi connectivity index (χ3v) is 1.86. The van der Waals surface area contributed by atoms with Crippen LogP contribution in [-0.4, -0.2) is 0 Å². The van der Waals surface area contributed by atoms with Crippen molar-refractivity contribution >= 4 is 5.57 Å². The Morgan fingerprint density at radius 3 is 3.00 bits per heavy atom. The molecule has 0 bridgehead atoms. The van der Waals surface area contributed by atoms with E-state index in [-0.39, 0.29) is 0 Å². The van der Waals surface area contributed by atoms with Gasteiger partial charge in [0.15, 0.2) is 0 Å². The van der Waals surface area contributed by atoms with Crippen LogP contribution >= 0.6 is 0 Å². The Balaban J connectivity index is 2.89. The summed E-state index contributed by atoms with van der Waals surface area (Å²) in [5.41, 5.74) is 1.17. The van der Waals surface area contributed by atoms with Crippen LogP contribution in [0.1, 0.15) is 6.92 Å². The summed E-state index contributed by atoms with van der Waals surface area (Å²) >= 11 is 0. The molecule has 0 radical (unpaired) electrons. The van der Waals surface area contributed by atoms with E-state index in [1.54, 1.807) is 6.26 Å². The monoisotopic (exact) mass is 159 g/mol. The van der Waals surface area contributed by atoms with Crippen LogP contribution in [0.4, 0.5) is 0 Å². The van der Waals surface area contributed by atoms with Crippen LogP contribution in [0, 0.1) is 0 Å². The molecule has 0 unspecified atom stereocenters. The molecule has 0 N–H and O–H groups in total. The maximum absolute atomic E-state index is 4.91. The lowest BCUT2D eigenvalue weighted by Gasteiger charge is -1.88. The topological polar surface area (TPSA) is 21.6 Å². The summed E-state index contributed by atoms with van der Waals surface area (Å²) in [6.07, 6.45) is 3.50. The molecule has 60 valence electrons. The van der Waals surface area contributed by atoms with E-state index in [0.717, 1.165) is 10.6 Å². The van der Waals surface area contributed by atoms with Crippen molar-refractivity contribution in [2.45, 2.75) is 6.92 Å². The van der Waals surface area contributed by atoms with Gasteiger partial charge in [-0.25, -0.2) is 0 Å². The van der Waals surface area contributed by atoms with E-state index in [9.17, 15) is 0 Å². The van der Waals surface area contributed by atoms with Crippen molar-refractivity contribution in [2.75, 3.05) is 0 Å². The smallest absolute Gasteiger partial charge is 0.122 e. The van der Waals surface area contributed by atoms with Gasteiger partial charge in [-0.3, -0.25) is 0 Å². The number of rotatable bonds is 0. The largest absolute Gasteiger partial charge is 0.364 e. The van der Waals surface area contributed by atoms with Gasteiger partial charge < -0.3 is 4.84 Å². The Kier molecular flexibility index (Phi) is 1.67. The third kappa shape index (κ3) is 1.11. The van der Waals surface area contributed by atoms with Crippen LogP contribution in [-0.2, 0) is 4.84 Å². The predicted octanol–water partition coefficient (Wildman–Crippen LogP) is 0.936. The van der Waals surface area contributed by atoms with Gasteiger partial charge in [0.25, 0.3) is 0 Å². The number of nitrogens with zero attached hydrogens (tertiary/aromatic N) is 1. The zero-order valence-corrected chi connectivity index (χ0v) is 6.82. The van der Waals surface area contributed by atoms with Gasteiger partial charge in [-0.05, 0) is 24.6 Å². The van der Waals surface area contributed by atoms with Crippen molar-refractivity contribution in [2.24, 2.45) is 5.16 Å². The predicted molar refractivity (Wildman–Crippen MR) is 46.5 cm³/mol. The van der Waals surface area contributed by atoms with Gasteiger partial charge in [-0.1, -0.05) is 23.4 Å². The normalized spacial score (nSPS) is 14.2. The summed E-state index contributed by atoms with van der Waals surface area (Å²) in [4.78, 5) is 4.91. The molecule has 2 heteroatoms. The zero-order valence-electron chi connectivity index (χ0n) is 6.82. The van der Waals surface area contributed by atoms with E-state index >= 15 is 0 Å². The summed E-state index contributed by atoms with van der Waals surface area (Å²) in [5.74, 6) is 0. The summed E-state index contributed by atoms with van der Waals surface area (Å²) in [7, 11) is 0. The highest BCUT2D eigenvalue weighted by molar-refractivity contribution is 5.53. The molecule has 0 amide bonds. The molecule has 1 aliphatic heterocycles. The summed E-state index contributed by atoms with van der Waals surface area (Å²) in [5, 5.41) is 5.95. The standard InChI is InChI=1S/C10H9NO/c1-8-6-7-12-11-10-5-3-2-4-9(8)10/h2-7H,1H3. The fourth-order valence-electron chi connectivity index (χ4n) is 1.20. The second kappa shape index (κ2) is 2.81. The molecular weight excluding hydrogens is 150 g/mol. The van der Waals surface area contributed by atoms with Crippen molar-refractivity contribution in [3.05, 3.63) is 47.2 Å². The SMILES string of the molecule is CC1=c2ccccc2=NOC=C1. The number of benzene rings is 1. The molecule has 1 aromatic rings. The molecule has 0 fully saturated rings. The van der Waals surface area contributed by atoms with Gasteiger partial charge in [-0.15, -0.1) is 0 Å². The molecule has 0 saturated carbocycles. The zero-order chi connectivity index (χ0) is 8.39. The lowest BCUT2D eigenvalue weighted by atomic mass is 10.2. The highest BCUT2D eigenvalue weighted by Gasteiger charge is 1.93. The van der Waals surface area contributed by atoms with Crippen LogP contribution in [0.3, 0.4) is 0 Å². The average Bonchev–Trinajstić information content (AvgIpc) is 2.29. The second-order valence-electron chi connectivity index (χ2n) is 2.70. The van der Waals surface area contributed by atoms with E-state index in [1.165, 1.54) is 5.57 Å². The van der Waals surface area contributed by atoms with Gasteiger partial charge in [-0.2, -0.15) is 0 Å². The minimum absolute atomic E-state index is 0.889. The molecule has 2 nitrogen and oxygen atoms in total. The number of hydrogen-bond donors (Lipinski definition) is 0. The van der Waals surface area contributed by atoms with Crippen LogP contribution < -0.4 is 10.6 Å². The van der Waals surface area contributed by atoms with E-state index in [0.29, 0.717) is 0 Å². The number of hydrogen-bond acceptors (Lipinski definition) is 2. The summed E-state index contributed by atoms with van der Waals surface area (Å²) in [6, 6.07) is 7.92. The van der Waals surface area contributed by atoms with Crippen LogP contribution in [0.25, 0.3) is 5.57 Å². The first-order chi connectivity index (χ1) is 5.88. The van der Waals surface area contributed by atoms with E-state index in [1.807, 2.05) is 37.3 Å². The van der Waals surface area contributed by atoms with Gasteiger partial charge in [0.2, 0.25) is 0 Å². The van der Waals surface area contributed by atoms with Crippen LogP contribution in [0.15, 0.2) is 41.8 Å². The van der Waals surface area contributed by atoms with Crippen molar-refractivity contribution < 1.29 is 4.84 Å². The van der Waals surface area contributed by atoms with Gasteiger partial charge in [0, 0.05) is 5.22 Å². The van der Waals surface area contributed by atoms with Gasteiger partial charge in [0.05, 0.1) is 0 Å². The fourth-order valence-corrected chi connectivity index (χ4v) is 1.20. The first-order valence-electron chi connectivity index (χ1n) is 3.84. The van der Waals surface area contributed by atoms with E-state index < -0.39 is 0 Å². The third-order valence-electron chi connectivity index (χ3n) is 1.86. The Morgan fingerprint density at radius 1 is 1.25 bits per heavy atom. The summed E-state index contributed by atoms with van der Waals surface area (Å²) in [6.45, 7) is 2.04. The van der Waals surface area contributed by atoms with Crippen molar-refractivity contribution in [1.82, 2.24) is 0 Å². The van der Waals surface area contributed by atoms with E-state index in [4.69, 9.17) is 4.84 Å². The quantitative estimate of drug-likeness (QED) is 0.552. The molecule has 2 rings (SSSR count). The average molecular weight is 159 g/mol. The molecule has 1 heterocycles. The fraction of sp³-hybridized carbons (Fsp3) is 0.100. The maximum atomic E-state index is 4.91. The summed E-state index contributed by atoms with van der Waals surface area (Å²) < 4.78 is 0. The molecule has 0 aromatic heterocycles. The minimum atomic E-state index is 0.889. The van der Waals surface area contributed by atoms with Gasteiger partial charge >= 0.3 is 0 Å². The highest BCUT2D eigenvalue weighted by atomic mass is 16.6. The molecule has 0 saturated heterocycles. The molecule has 1 aliphatic rings. The Bertz CT molecular complexity index is 431. The second-order valence-corrected chi connectivity index (χ2v) is 2.70. The Morgan fingerprint density at radius 2 is 2.08 bits per heavy atom. The lowest BCUT2D eigenvalue weighted by Crippen LogP contribution is -2.25. The molecule has 0 atom stereocenters. The highest BCUT2D eigenvalue weighted by Crippen LogP contribution is 1.94. The first kappa shape index (κ1) is 7.10. The molecule has 0 spiro atoms. The maximum Gasteiger partial charge on any atom is 0.122 e.